The fourth-order valence-corrected chi connectivity index (χ4v) is 2.85. The molecule has 1 aromatic carbocycles. The maximum Gasteiger partial charge on any atom is 0.166 e. The molecule has 0 N–H and O–H groups in total. The van der Waals surface area contributed by atoms with Crippen LogP contribution in [0.2, 0.25) is 0 Å². The molecule has 104 valence electrons. The number of carbonyl (C=O) groups excluding carboxylic acids is 1. The average Bonchev–Trinajstić information content (AvgIpc) is 2.82. The van der Waals surface area contributed by atoms with Crippen molar-refractivity contribution in [1.29, 1.82) is 0 Å². The predicted octanol–water partition coefficient (Wildman–Crippen LogP) is 3.76. The lowest BCUT2D eigenvalue weighted by atomic mass is 9.88. The fourth-order valence-electron chi connectivity index (χ4n) is 2.85. The van der Waals surface area contributed by atoms with Crippen LogP contribution in [0.3, 0.4) is 0 Å². The Labute approximate surface area is 119 Å². The van der Waals surface area contributed by atoms with Crippen molar-refractivity contribution in [3.05, 3.63) is 47.3 Å². The van der Waals surface area contributed by atoms with E-state index in [0.717, 1.165) is 23.4 Å². The van der Waals surface area contributed by atoms with E-state index in [1.54, 1.807) is 6.20 Å². The van der Waals surface area contributed by atoms with Crippen LogP contribution in [-0.4, -0.2) is 15.6 Å². The van der Waals surface area contributed by atoms with Crippen LogP contribution in [0.4, 0.5) is 0 Å². The van der Waals surface area contributed by atoms with Crippen molar-refractivity contribution in [2.45, 2.75) is 39.5 Å². The molecule has 0 radical (unpaired) electrons. The van der Waals surface area contributed by atoms with Gasteiger partial charge in [0.1, 0.15) is 0 Å². The summed E-state index contributed by atoms with van der Waals surface area (Å²) in [6.45, 7) is 6.50. The monoisotopic (exact) mass is 268 g/mol. The summed E-state index contributed by atoms with van der Waals surface area (Å²) >= 11 is 0. The van der Waals surface area contributed by atoms with Gasteiger partial charge in [-0.25, -0.2) is 4.68 Å². The van der Waals surface area contributed by atoms with Crippen LogP contribution in [0, 0.1) is 5.92 Å². The van der Waals surface area contributed by atoms with Gasteiger partial charge in [-0.05, 0) is 36.0 Å². The summed E-state index contributed by atoms with van der Waals surface area (Å²) in [5.74, 6) is 1.15. The number of Topliss-reactive ketones (excluding diaryl/α,β-unsaturated/α-hetero) is 1. The Balaban J connectivity index is 2.01. The van der Waals surface area contributed by atoms with E-state index in [0.29, 0.717) is 18.3 Å². The summed E-state index contributed by atoms with van der Waals surface area (Å²) in [5, 5.41) is 4.42. The largest absolute Gasteiger partial charge is 0.294 e. The lowest BCUT2D eigenvalue weighted by Crippen LogP contribution is -2.19. The summed E-state index contributed by atoms with van der Waals surface area (Å²) in [6.07, 6.45) is 3.29. The molecule has 2 aromatic rings. The highest BCUT2D eigenvalue weighted by atomic mass is 16.1. The maximum atomic E-state index is 12.0. The molecule has 3 rings (SSSR count). The summed E-state index contributed by atoms with van der Waals surface area (Å²) in [4.78, 5) is 12.0. The number of carbonyl (C=O) groups is 1. The zero-order valence-electron chi connectivity index (χ0n) is 12.3. The maximum absolute atomic E-state index is 12.0. The third-order valence-corrected chi connectivity index (χ3v) is 4.05. The number of aromatic nitrogens is 2. The molecular formula is C17H20N2O. The van der Waals surface area contributed by atoms with Crippen LogP contribution in [0.15, 0.2) is 30.5 Å². The minimum absolute atomic E-state index is 0.226. The molecule has 20 heavy (non-hydrogen) atoms. The number of hydrogen-bond acceptors (Lipinski definition) is 2. The van der Waals surface area contributed by atoms with Gasteiger partial charge in [0.05, 0.1) is 23.1 Å². The topological polar surface area (TPSA) is 34.9 Å². The summed E-state index contributed by atoms with van der Waals surface area (Å²) in [5.41, 5.74) is 4.22. The first kappa shape index (κ1) is 13.1. The van der Waals surface area contributed by atoms with Gasteiger partial charge in [0.2, 0.25) is 0 Å². The van der Waals surface area contributed by atoms with Crippen molar-refractivity contribution in [3.63, 3.8) is 0 Å². The third-order valence-electron chi connectivity index (χ3n) is 4.05. The first-order valence-electron chi connectivity index (χ1n) is 7.26. The second-order valence-corrected chi connectivity index (χ2v) is 6.10. The highest BCUT2D eigenvalue weighted by molar-refractivity contribution is 5.98. The number of nitrogens with zero attached hydrogens (tertiary/aromatic N) is 2. The van der Waals surface area contributed by atoms with Gasteiger partial charge in [-0.15, -0.1) is 0 Å². The van der Waals surface area contributed by atoms with Crippen molar-refractivity contribution < 1.29 is 4.79 Å². The lowest BCUT2D eigenvalue weighted by Gasteiger charge is -2.19. The molecule has 0 saturated heterocycles. The van der Waals surface area contributed by atoms with Crippen LogP contribution in [-0.2, 0) is 6.42 Å². The van der Waals surface area contributed by atoms with Gasteiger partial charge < -0.3 is 0 Å². The van der Waals surface area contributed by atoms with E-state index in [1.165, 1.54) is 5.56 Å². The van der Waals surface area contributed by atoms with E-state index in [-0.39, 0.29) is 5.78 Å². The van der Waals surface area contributed by atoms with Gasteiger partial charge in [-0.3, -0.25) is 4.79 Å². The van der Waals surface area contributed by atoms with Crippen LogP contribution >= 0.6 is 0 Å². The van der Waals surface area contributed by atoms with Gasteiger partial charge in [-0.1, -0.05) is 32.9 Å². The van der Waals surface area contributed by atoms with E-state index in [9.17, 15) is 4.79 Å². The van der Waals surface area contributed by atoms with Gasteiger partial charge >= 0.3 is 0 Å². The highest BCUT2D eigenvalue weighted by Gasteiger charge is 2.26. The zero-order chi connectivity index (χ0) is 14.3. The molecule has 0 unspecified atom stereocenters. The number of ketones is 1. The Morgan fingerprint density at radius 1 is 1.20 bits per heavy atom. The summed E-state index contributed by atoms with van der Waals surface area (Å²) in [6, 6.07) is 8.46. The van der Waals surface area contributed by atoms with Crippen molar-refractivity contribution in [3.8, 4) is 5.69 Å². The van der Waals surface area contributed by atoms with Gasteiger partial charge in [-0.2, -0.15) is 5.10 Å². The molecule has 1 aromatic heterocycles. The molecule has 0 bridgehead atoms. The molecule has 1 atom stereocenters. The second kappa shape index (κ2) is 4.89. The molecule has 1 aliphatic rings. The van der Waals surface area contributed by atoms with Crippen LogP contribution in [0.25, 0.3) is 5.69 Å². The number of rotatable bonds is 2. The van der Waals surface area contributed by atoms with E-state index in [2.05, 4.69) is 50.1 Å². The summed E-state index contributed by atoms with van der Waals surface area (Å²) in [7, 11) is 0. The Morgan fingerprint density at radius 3 is 2.55 bits per heavy atom. The van der Waals surface area contributed by atoms with E-state index in [1.807, 2.05) is 4.68 Å². The Bertz CT molecular complexity index is 638. The smallest absolute Gasteiger partial charge is 0.166 e. The molecule has 1 heterocycles. The molecule has 0 aliphatic heterocycles. The van der Waals surface area contributed by atoms with Crippen LogP contribution in [0.1, 0.15) is 54.7 Å². The standard InChI is InChI=1S/C17H20N2O/c1-11(2)13-4-6-14(7-5-13)19-16-8-12(3)9-17(20)15(16)10-18-19/h4-7,10-12H,8-9H2,1-3H3/t12-/m1/s1. The second-order valence-electron chi connectivity index (χ2n) is 6.10. The third kappa shape index (κ3) is 2.17. The summed E-state index contributed by atoms with van der Waals surface area (Å²) < 4.78 is 1.92. The van der Waals surface area contributed by atoms with Crippen molar-refractivity contribution in [1.82, 2.24) is 9.78 Å². The molecule has 1 aliphatic carbocycles. The first-order chi connectivity index (χ1) is 9.56. The lowest BCUT2D eigenvalue weighted by molar-refractivity contribution is 0.0952. The molecular weight excluding hydrogens is 248 g/mol. The Morgan fingerprint density at radius 2 is 1.90 bits per heavy atom. The first-order valence-corrected chi connectivity index (χ1v) is 7.26. The SMILES string of the molecule is CC(C)c1ccc(-n2ncc3c2C[C@@H](C)CC3=O)cc1. The molecule has 3 heteroatoms. The quantitative estimate of drug-likeness (QED) is 0.831. The number of hydrogen-bond donors (Lipinski definition) is 0. The highest BCUT2D eigenvalue weighted by Crippen LogP contribution is 2.27. The average molecular weight is 268 g/mol. The van der Waals surface area contributed by atoms with Gasteiger partial charge in [0.25, 0.3) is 0 Å². The molecule has 3 nitrogen and oxygen atoms in total. The predicted molar refractivity (Wildman–Crippen MR) is 79.5 cm³/mol. The molecule has 0 spiro atoms. The Kier molecular flexibility index (Phi) is 3.20. The van der Waals surface area contributed by atoms with Crippen molar-refractivity contribution in [2.75, 3.05) is 0 Å². The van der Waals surface area contributed by atoms with E-state index in [4.69, 9.17) is 0 Å². The van der Waals surface area contributed by atoms with E-state index >= 15 is 0 Å². The normalized spacial score (nSPS) is 18.4. The molecule has 0 saturated carbocycles. The van der Waals surface area contributed by atoms with Gasteiger partial charge in [0, 0.05) is 6.42 Å². The zero-order valence-corrected chi connectivity index (χ0v) is 12.3. The Hall–Kier alpha value is -1.90. The minimum atomic E-state index is 0.226. The van der Waals surface area contributed by atoms with Crippen LogP contribution < -0.4 is 0 Å². The minimum Gasteiger partial charge on any atom is -0.294 e. The fraction of sp³-hybridized carbons (Fsp3) is 0.412. The van der Waals surface area contributed by atoms with Crippen molar-refractivity contribution in [2.24, 2.45) is 5.92 Å². The molecule has 0 fully saturated rings. The van der Waals surface area contributed by atoms with E-state index < -0.39 is 0 Å². The van der Waals surface area contributed by atoms with Gasteiger partial charge in [0.15, 0.2) is 5.78 Å². The van der Waals surface area contributed by atoms with Crippen LogP contribution in [0.5, 0.6) is 0 Å². The number of fused-ring (bicyclic) bond motifs is 1. The van der Waals surface area contributed by atoms with Crippen molar-refractivity contribution >= 4 is 5.78 Å². The molecule has 0 amide bonds. The number of benzene rings is 1.